The van der Waals surface area contributed by atoms with Crippen molar-refractivity contribution in [3.63, 3.8) is 0 Å². The molecule has 3 aromatic rings. The number of benzene rings is 2. The molecule has 2 amide bonds. The van der Waals surface area contributed by atoms with Gasteiger partial charge in [0.15, 0.2) is 5.01 Å². The van der Waals surface area contributed by atoms with Gasteiger partial charge in [-0.15, -0.1) is 11.3 Å². The van der Waals surface area contributed by atoms with Gasteiger partial charge >= 0.3 is 0 Å². The zero-order valence-electron chi connectivity index (χ0n) is 13.8. The number of hydrogen-bond acceptors (Lipinski definition) is 4. The highest BCUT2D eigenvalue weighted by Crippen LogP contribution is 2.25. The quantitative estimate of drug-likeness (QED) is 0.528. The first-order valence-electron chi connectivity index (χ1n) is 8.19. The van der Waals surface area contributed by atoms with Crippen molar-refractivity contribution in [1.82, 2.24) is 9.88 Å². The molecule has 0 unspecified atom stereocenters. The van der Waals surface area contributed by atoms with E-state index in [1.807, 2.05) is 36.5 Å². The highest BCUT2D eigenvalue weighted by atomic mass is 32.1. The maximum atomic E-state index is 12.3. The Morgan fingerprint density at radius 3 is 2.27 bits per heavy atom. The Hall–Kier alpha value is -3.23. The van der Waals surface area contributed by atoms with Gasteiger partial charge in [0.2, 0.25) is 0 Å². The summed E-state index contributed by atoms with van der Waals surface area (Å²) in [5, 5.41) is 0.728. The van der Waals surface area contributed by atoms with Crippen molar-refractivity contribution < 1.29 is 9.59 Å². The van der Waals surface area contributed by atoms with Crippen LogP contribution in [0.5, 0.6) is 0 Å². The third kappa shape index (κ3) is 3.03. The van der Waals surface area contributed by atoms with E-state index in [9.17, 15) is 9.59 Å². The van der Waals surface area contributed by atoms with Crippen LogP contribution >= 0.6 is 11.3 Å². The van der Waals surface area contributed by atoms with E-state index in [4.69, 9.17) is 0 Å². The van der Waals surface area contributed by atoms with Crippen molar-refractivity contribution in [2.75, 3.05) is 6.54 Å². The van der Waals surface area contributed by atoms with Gasteiger partial charge in [0.05, 0.1) is 16.0 Å². The molecule has 126 valence electrons. The van der Waals surface area contributed by atoms with Gasteiger partial charge in [-0.25, -0.2) is 4.98 Å². The number of thiazole rings is 1. The van der Waals surface area contributed by atoms with Crippen molar-refractivity contribution >= 4 is 23.2 Å². The van der Waals surface area contributed by atoms with E-state index >= 15 is 0 Å². The molecule has 0 spiro atoms. The van der Waals surface area contributed by atoms with E-state index in [1.165, 1.54) is 16.2 Å². The van der Waals surface area contributed by atoms with Crippen LogP contribution in [0, 0.1) is 11.8 Å². The number of imide groups is 1. The van der Waals surface area contributed by atoms with Crippen LogP contribution in [0.1, 0.15) is 32.1 Å². The third-order valence-corrected chi connectivity index (χ3v) is 5.06. The highest BCUT2D eigenvalue weighted by Gasteiger charge is 2.34. The molecule has 2 heterocycles. The number of nitrogens with zero attached hydrogens (tertiary/aromatic N) is 2. The van der Waals surface area contributed by atoms with Gasteiger partial charge in [0.1, 0.15) is 0 Å². The van der Waals surface area contributed by atoms with Gasteiger partial charge in [0, 0.05) is 19.2 Å². The molecule has 0 aliphatic carbocycles. The summed E-state index contributed by atoms with van der Waals surface area (Å²) in [6, 6.07) is 16.9. The Morgan fingerprint density at radius 2 is 1.58 bits per heavy atom. The van der Waals surface area contributed by atoms with Gasteiger partial charge < -0.3 is 0 Å². The SMILES string of the molecule is O=C1c2ccccc2C(=O)N1CCC#Cc1ncc(-c2ccccc2)s1. The number of carbonyl (C=O) groups excluding carboxylic acids is 2. The Morgan fingerprint density at radius 1 is 0.923 bits per heavy atom. The van der Waals surface area contributed by atoms with Crippen LogP contribution in [-0.4, -0.2) is 28.2 Å². The summed E-state index contributed by atoms with van der Waals surface area (Å²) in [6.07, 6.45) is 2.24. The second kappa shape index (κ2) is 6.95. The first-order chi connectivity index (χ1) is 12.7. The zero-order valence-corrected chi connectivity index (χ0v) is 14.6. The summed E-state index contributed by atoms with van der Waals surface area (Å²) >= 11 is 1.53. The molecule has 26 heavy (non-hydrogen) atoms. The maximum absolute atomic E-state index is 12.3. The maximum Gasteiger partial charge on any atom is 0.261 e. The molecule has 1 aliphatic heterocycles. The van der Waals surface area contributed by atoms with Crippen molar-refractivity contribution in [1.29, 1.82) is 0 Å². The first kappa shape index (κ1) is 16.2. The van der Waals surface area contributed by atoms with Crippen molar-refractivity contribution in [2.45, 2.75) is 6.42 Å². The number of hydrogen-bond donors (Lipinski definition) is 0. The largest absolute Gasteiger partial charge is 0.273 e. The number of fused-ring (bicyclic) bond motifs is 1. The van der Waals surface area contributed by atoms with E-state index in [1.54, 1.807) is 24.3 Å². The van der Waals surface area contributed by atoms with E-state index < -0.39 is 0 Å². The summed E-state index contributed by atoms with van der Waals surface area (Å²) < 4.78 is 0. The van der Waals surface area contributed by atoms with Gasteiger partial charge in [-0.2, -0.15) is 0 Å². The molecule has 0 bridgehead atoms. The lowest BCUT2D eigenvalue weighted by atomic mass is 10.1. The molecule has 0 fully saturated rings. The smallest absolute Gasteiger partial charge is 0.261 e. The fourth-order valence-corrected chi connectivity index (χ4v) is 3.61. The summed E-state index contributed by atoms with van der Waals surface area (Å²) in [5.41, 5.74) is 2.06. The minimum absolute atomic E-state index is 0.243. The fraction of sp³-hybridized carbons (Fsp3) is 0.0952. The minimum Gasteiger partial charge on any atom is -0.273 e. The average molecular weight is 358 g/mol. The van der Waals surface area contributed by atoms with Crippen LogP contribution in [-0.2, 0) is 0 Å². The molecular weight excluding hydrogens is 344 g/mol. The number of aromatic nitrogens is 1. The molecule has 4 rings (SSSR count). The lowest BCUT2D eigenvalue weighted by molar-refractivity contribution is 0.0658. The molecule has 0 radical (unpaired) electrons. The number of amides is 2. The van der Waals surface area contributed by atoms with Crippen LogP contribution in [0.3, 0.4) is 0 Å². The topological polar surface area (TPSA) is 50.3 Å². The highest BCUT2D eigenvalue weighted by molar-refractivity contribution is 7.15. The van der Waals surface area contributed by atoms with E-state index in [0.29, 0.717) is 17.5 Å². The van der Waals surface area contributed by atoms with Crippen LogP contribution < -0.4 is 0 Å². The molecule has 0 saturated heterocycles. The predicted octanol–water partition coefficient (Wildman–Crippen LogP) is 3.85. The average Bonchev–Trinajstić information content (AvgIpc) is 3.25. The van der Waals surface area contributed by atoms with Crippen molar-refractivity contribution in [3.05, 3.63) is 76.9 Å². The molecule has 1 aliphatic rings. The Bertz CT molecular complexity index is 1010. The molecule has 2 aromatic carbocycles. The first-order valence-corrected chi connectivity index (χ1v) is 9.01. The summed E-state index contributed by atoms with van der Waals surface area (Å²) in [5.74, 6) is 5.55. The minimum atomic E-state index is -0.243. The normalized spacial score (nSPS) is 12.7. The standard InChI is InChI=1S/C21H14N2O2S/c24-20-16-10-4-5-11-17(16)21(25)23(20)13-7-6-12-19-22-14-18(26-19)15-8-2-1-3-9-15/h1-5,8-11,14H,7,13H2. The second-order valence-corrected chi connectivity index (χ2v) is 6.79. The van der Waals surface area contributed by atoms with E-state index in [2.05, 4.69) is 16.8 Å². The van der Waals surface area contributed by atoms with Crippen LogP contribution in [0.4, 0.5) is 0 Å². The summed E-state index contributed by atoms with van der Waals surface area (Å²) in [6.45, 7) is 0.288. The number of carbonyl (C=O) groups is 2. The van der Waals surface area contributed by atoms with Crippen LogP contribution in [0.25, 0.3) is 10.4 Å². The molecule has 5 heteroatoms. The Kier molecular flexibility index (Phi) is 4.34. The summed E-state index contributed by atoms with van der Waals surface area (Å²) in [7, 11) is 0. The third-order valence-electron chi connectivity index (χ3n) is 4.10. The fourth-order valence-electron chi connectivity index (χ4n) is 2.82. The van der Waals surface area contributed by atoms with Gasteiger partial charge in [-0.05, 0) is 23.6 Å². The van der Waals surface area contributed by atoms with E-state index in [0.717, 1.165) is 15.4 Å². The lowest BCUT2D eigenvalue weighted by Crippen LogP contribution is -2.30. The van der Waals surface area contributed by atoms with Gasteiger partial charge in [-0.1, -0.05) is 48.4 Å². The number of rotatable bonds is 3. The zero-order chi connectivity index (χ0) is 17.9. The molecule has 0 saturated carbocycles. The van der Waals surface area contributed by atoms with Crippen molar-refractivity contribution in [2.24, 2.45) is 0 Å². The van der Waals surface area contributed by atoms with Crippen LogP contribution in [0.2, 0.25) is 0 Å². The predicted molar refractivity (Wildman–Crippen MR) is 101 cm³/mol. The Balaban J connectivity index is 1.40. The summed E-state index contributed by atoms with van der Waals surface area (Å²) in [4.78, 5) is 31.2. The van der Waals surface area contributed by atoms with E-state index in [-0.39, 0.29) is 18.4 Å². The van der Waals surface area contributed by atoms with Gasteiger partial charge in [0.25, 0.3) is 11.8 Å². The molecule has 4 nitrogen and oxygen atoms in total. The Labute approximate surface area is 155 Å². The van der Waals surface area contributed by atoms with Crippen molar-refractivity contribution in [3.8, 4) is 22.3 Å². The second-order valence-electron chi connectivity index (χ2n) is 5.75. The molecule has 1 aromatic heterocycles. The monoisotopic (exact) mass is 358 g/mol. The van der Waals surface area contributed by atoms with Gasteiger partial charge in [-0.3, -0.25) is 14.5 Å². The molecule has 0 atom stereocenters. The lowest BCUT2D eigenvalue weighted by Gasteiger charge is -2.10. The molecular formula is C21H14N2O2S. The molecule has 0 N–H and O–H groups in total. The van der Waals surface area contributed by atoms with Crippen LogP contribution in [0.15, 0.2) is 60.8 Å².